The van der Waals surface area contributed by atoms with Crippen LogP contribution in [0.2, 0.25) is 0 Å². The second kappa shape index (κ2) is 7.87. The van der Waals surface area contributed by atoms with Gasteiger partial charge in [-0.25, -0.2) is 0 Å². The lowest BCUT2D eigenvalue weighted by Crippen LogP contribution is -2.34. The Morgan fingerprint density at radius 2 is 1.65 bits per heavy atom. The zero-order valence-corrected chi connectivity index (χ0v) is 13.9. The van der Waals surface area contributed by atoms with Crippen LogP contribution in [0.15, 0.2) is 24.5 Å². The standard InChI is InChI=1S/C13H12IN5O4/c14-10-2-8(4-19(5-11(20)21)6-12(22)23)1-9(3-10)13-17-15-7-16-18-13/h1-3,7H,4-6H2,(H,20,21)(H,22,23). The summed E-state index contributed by atoms with van der Waals surface area (Å²) >= 11 is 2.11. The summed E-state index contributed by atoms with van der Waals surface area (Å²) in [5, 5.41) is 32.9. The molecule has 0 spiro atoms. The molecule has 0 unspecified atom stereocenters. The van der Waals surface area contributed by atoms with Crippen LogP contribution in [0.25, 0.3) is 11.4 Å². The van der Waals surface area contributed by atoms with Crippen LogP contribution < -0.4 is 0 Å². The van der Waals surface area contributed by atoms with Crippen LogP contribution in [-0.2, 0) is 16.1 Å². The van der Waals surface area contributed by atoms with Crippen molar-refractivity contribution in [2.75, 3.05) is 13.1 Å². The molecule has 9 nitrogen and oxygen atoms in total. The lowest BCUT2D eigenvalue weighted by atomic mass is 10.1. The highest BCUT2D eigenvalue weighted by molar-refractivity contribution is 14.1. The van der Waals surface area contributed by atoms with E-state index in [0.29, 0.717) is 11.4 Å². The minimum atomic E-state index is -1.09. The normalized spacial score (nSPS) is 10.7. The third-order valence-electron chi connectivity index (χ3n) is 2.75. The van der Waals surface area contributed by atoms with Crippen molar-refractivity contribution in [1.82, 2.24) is 25.3 Å². The summed E-state index contributed by atoms with van der Waals surface area (Å²) in [4.78, 5) is 23.0. The molecule has 1 aromatic carbocycles. The third kappa shape index (κ3) is 5.49. The Bertz CT molecular complexity index is 697. The van der Waals surface area contributed by atoms with E-state index in [1.165, 1.54) is 11.2 Å². The summed E-state index contributed by atoms with van der Waals surface area (Å²) < 4.78 is 0.883. The smallest absolute Gasteiger partial charge is 0.317 e. The molecule has 2 rings (SSSR count). The first-order valence-electron chi connectivity index (χ1n) is 6.40. The molecule has 0 aliphatic carbocycles. The van der Waals surface area contributed by atoms with Gasteiger partial charge in [0.25, 0.3) is 0 Å². The number of rotatable bonds is 7. The zero-order valence-electron chi connectivity index (χ0n) is 11.8. The largest absolute Gasteiger partial charge is 0.480 e. The second-order valence-corrected chi connectivity index (χ2v) is 5.90. The maximum Gasteiger partial charge on any atom is 0.317 e. The lowest BCUT2D eigenvalue weighted by Gasteiger charge is -2.18. The Morgan fingerprint density at radius 1 is 1.04 bits per heavy atom. The van der Waals surface area contributed by atoms with Crippen LogP contribution in [0.4, 0.5) is 0 Å². The second-order valence-electron chi connectivity index (χ2n) is 4.65. The predicted octanol–water partition coefficient (Wildman–Crippen LogP) is 0.509. The average Bonchev–Trinajstić information content (AvgIpc) is 2.46. The number of halogens is 1. The van der Waals surface area contributed by atoms with Gasteiger partial charge in [-0.15, -0.1) is 20.4 Å². The number of carboxylic acids is 2. The minimum Gasteiger partial charge on any atom is -0.480 e. The SMILES string of the molecule is O=C(O)CN(CC(=O)O)Cc1cc(I)cc(-c2nncnn2)c1. The van der Waals surface area contributed by atoms with Crippen molar-refractivity contribution < 1.29 is 19.8 Å². The monoisotopic (exact) mass is 429 g/mol. The van der Waals surface area contributed by atoms with E-state index >= 15 is 0 Å². The molecule has 0 fully saturated rings. The first-order valence-corrected chi connectivity index (χ1v) is 7.48. The highest BCUT2D eigenvalue weighted by atomic mass is 127. The van der Waals surface area contributed by atoms with Crippen LogP contribution in [0.3, 0.4) is 0 Å². The highest BCUT2D eigenvalue weighted by Crippen LogP contribution is 2.20. The molecular formula is C13H12IN5O4. The summed E-state index contributed by atoms with van der Waals surface area (Å²) in [6.07, 6.45) is 1.22. The summed E-state index contributed by atoms with van der Waals surface area (Å²) in [7, 11) is 0. The fourth-order valence-corrected chi connectivity index (χ4v) is 2.73. The number of aromatic nitrogens is 4. The van der Waals surface area contributed by atoms with Gasteiger partial charge in [0.05, 0.1) is 13.1 Å². The third-order valence-corrected chi connectivity index (χ3v) is 3.37. The minimum absolute atomic E-state index is 0.177. The Kier molecular flexibility index (Phi) is 5.87. The van der Waals surface area contributed by atoms with Gasteiger partial charge in [0.1, 0.15) is 0 Å². The van der Waals surface area contributed by atoms with Crippen LogP contribution in [0, 0.1) is 3.57 Å². The van der Waals surface area contributed by atoms with E-state index in [0.717, 1.165) is 9.13 Å². The highest BCUT2D eigenvalue weighted by Gasteiger charge is 2.15. The molecule has 1 aromatic heterocycles. The number of benzene rings is 1. The van der Waals surface area contributed by atoms with E-state index in [-0.39, 0.29) is 19.6 Å². The van der Waals surface area contributed by atoms with Gasteiger partial charge in [-0.05, 0) is 46.4 Å². The van der Waals surface area contributed by atoms with Gasteiger partial charge >= 0.3 is 11.9 Å². The molecular weight excluding hydrogens is 417 g/mol. The first kappa shape index (κ1) is 17.1. The quantitative estimate of drug-likeness (QED) is 0.605. The molecule has 0 aliphatic rings. The fourth-order valence-electron chi connectivity index (χ4n) is 2.00. The molecule has 1 heterocycles. The maximum atomic E-state index is 10.9. The Morgan fingerprint density at radius 3 is 2.22 bits per heavy atom. The maximum absolute atomic E-state index is 10.9. The van der Waals surface area contributed by atoms with Crippen molar-refractivity contribution in [3.8, 4) is 11.4 Å². The zero-order chi connectivity index (χ0) is 16.8. The Balaban J connectivity index is 2.26. The van der Waals surface area contributed by atoms with Gasteiger partial charge in [0, 0.05) is 15.7 Å². The fraction of sp³-hybridized carbons (Fsp3) is 0.231. The van der Waals surface area contributed by atoms with E-state index in [4.69, 9.17) is 10.2 Å². The topological polar surface area (TPSA) is 129 Å². The van der Waals surface area contributed by atoms with E-state index in [2.05, 4.69) is 43.0 Å². The van der Waals surface area contributed by atoms with Crippen molar-refractivity contribution in [3.63, 3.8) is 0 Å². The molecule has 23 heavy (non-hydrogen) atoms. The van der Waals surface area contributed by atoms with Crippen molar-refractivity contribution in [1.29, 1.82) is 0 Å². The van der Waals surface area contributed by atoms with Gasteiger partial charge in [-0.1, -0.05) is 0 Å². The van der Waals surface area contributed by atoms with Gasteiger partial charge in [-0.2, -0.15) is 0 Å². The predicted molar refractivity (Wildman–Crippen MR) is 86.3 cm³/mol. The van der Waals surface area contributed by atoms with Crippen LogP contribution in [-0.4, -0.2) is 60.5 Å². The molecule has 0 bridgehead atoms. The number of carboxylic acid groups (broad SMARTS) is 2. The lowest BCUT2D eigenvalue weighted by molar-refractivity contribution is -0.142. The molecule has 0 atom stereocenters. The molecule has 0 saturated heterocycles. The molecule has 2 aromatic rings. The van der Waals surface area contributed by atoms with E-state index in [1.54, 1.807) is 6.07 Å². The Labute approximate surface area is 144 Å². The van der Waals surface area contributed by atoms with Crippen molar-refractivity contribution >= 4 is 34.5 Å². The van der Waals surface area contributed by atoms with Crippen molar-refractivity contribution in [3.05, 3.63) is 33.7 Å². The average molecular weight is 429 g/mol. The summed E-state index contributed by atoms with van der Waals surface area (Å²) in [5.41, 5.74) is 1.43. The molecule has 10 heteroatoms. The Hall–Kier alpha value is -2.21. The van der Waals surface area contributed by atoms with Gasteiger partial charge in [-0.3, -0.25) is 14.5 Å². The van der Waals surface area contributed by atoms with Gasteiger partial charge in [0.15, 0.2) is 6.33 Å². The number of nitrogens with zero attached hydrogens (tertiary/aromatic N) is 5. The summed E-state index contributed by atoms with van der Waals surface area (Å²) in [6, 6.07) is 5.43. The van der Waals surface area contributed by atoms with E-state index < -0.39 is 11.9 Å². The van der Waals surface area contributed by atoms with E-state index in [9.17, 15) is 9.59 Å². The first-order chi connectivity index (χ1) is 10.9. The number of hydrogen-bond acceptors (Lipinski definition) is 7. The summed E-state index contributed by atoms with van der Waals surface area (Å²) in [5.74, 6) is -1.83. The molecule has 0 saturated carbocycles. The van der Waals surface area contributed by atoms with E-state index in [1.807, 2.05) is 12.1 Å². The molecule has 0 aliphatic heterocycles. The van der Waals surface area contributed by atoms with Crippen molar-refractivity contribution in [2.24, 2.45) is 0 Å². The number of aliphatic carboxylic acids is 2. The van der Waals surface area contributed by atoms with Crippen molar-refractivity contribution in [2.45, 2.75) is 6.54 Å². The summed E-state index contributed by atoms with van der Waals surface area (Å²) in [6.45, 7) is -0.549. The van der Waals surface area contributed by atoms with Crippen LogP contribution >= 0.6 is 22.6 Å². The number of carbonyl (C=O) groups is 2. The van der Waals surface area contributed by atoms with Gasteiger partial charge < -0.3 is 10.2 Å². The molecule has 0 radical (unpaired) electrons. The van der Waals surface area contributed by atoms with Crippen LogP contribution in [0.5, 0.6) is 0 Å². The molecule has 120 valence electrons. The molecule has 2 N–H and O–H groups in total. The van der Waals surface area contributed by atoms with Crippen LogP contribution in [0.1, 0.15) is 5.56 Å². The van der Waals surface area contributed by atoms with Gasteiger partial charge in [0.2, 0.25) is 5.82 Å². The number of hydrogen-bond donors (Lipinski definition) is 2. The molecule has 0 amide bonds.